The molecule has 1 aromatic rings. The second-order valence-corrected chi connectivity index (χ2v) is 3.64. The third kappa shape index (κ3) is 4.76. The fraction of sp³-hybridized carbons (Fsp3) is 0. The van der Waals surface area contributed by atoms with E-state index in [1.807, 2.05) is 0 Å². The van der Waals surface area contributed by atoms with Crippen molar-refractivity contribution in [2.45, 2.75) is 0 Å². The number of benzene rings is 1. The molecule has 0 aliphatic heterocycles. The fourth-order valence-corrected chi connectivity index (χ4v) is 1.14. The lowest BCUT2D eigenvalue weighted by Gasteiger charge is -2.05. The summed E-state index contributed by atoms with van der Waals surface area (Å²) >= 11 is 11.4. The van der Waals surface area contributed by atoms with E-state index in [0.29, 0.717) is 21.8 Å². The van der Waals surface area contributed by atoms with Gasteiger partial charge in [-0.3, -0.25) is 0 Å². The van der Waals surface area contributed by atoms with Gasteiger partial charge in [0.1, 0.15) is 0 Å². The van der Waals surface area contributed by atoms with E-state index >= 15 is 0 Å². The van der Waals surface area contributed by atoms with Crippen LogP contribution in [-0.4, -0.2) is 17.0 Å². The zero-order valence-electron chi connectivity index (χ0n) is 8.31. The summed E-state index contributed by atoms with van der Waals surface area (Å²) in [6, 6.07) is 4.52. The molecular formula is C10H7Cl2NO4. The monoisotopic (exact) mass is 275 g/mol. The number of carbonyl (C=O) groups excluding carboxylic acids is 1. The molecule has 0 saturated carbocycles. The molecule has 2 N–H and O–H groups in total. The van der Waals surface area contributed by atoms with E-state index in [1.165, 1.54) is 12.1 Å². The predicted octanol–water partition coefficient (Wildman–Crippen LogP) is 2.50. The first-order chi connectivity index (χ1) is 7.99. The Morgan fingerprint density at radius 2 is 1.94 bits per heavy atom. The summed E-state index contributed by atoms with van der Waals surface area (Å²) in [5.74, 6) is -2.09. The number of nitrogens with one attached hydrogen (secondary N) is 1. The van der Waals surface area contributed by atoms with E-state index < -0.39 is 11.9 Å². The van der Waals surface area contributed by atoms with E-state index in [4.69, 9.17) is 28.3 Å². The Balaban J connectivity index is 2.53. The number of carboxylic acid groups (broad SMARTS) is 1. The maximum atomic E-state index is 11.0. The SMILES string of the molecule is O=C(O)C=CC(=O)ONc1ccc(Cl)c(Cl)c1. The average molecular weight is 276 g/mol. The van der Waals surface area contributed by atoms with Crippen LogP contribution >= 0.6 is 23.2 Å². The van der Waals surface area contributed by atoms with Crippen LogP contribution in [0.25, 0.3) is 0 Å². The summed E-state index contributed by atoms with van der Waals surface area (Å²) in [5.41, 5.74) is 2.71. The fourth-order valence-electron chi connectivity index (χ4n) is 0.842. The van der Waals surface area contributed by atoms with E-state index in [-0.39, 0.29) is 0 Å². The summed E-state index contributed by atoms with van der Waals surface area (Å²) < 4.78 is 0. The van der Waals surface area contributed by atoms with Crippen LogP contribution in [0.2, 0.25) is 10.0 Å². The number of aliphatic carboxylic acids is 1. The number of carbonyl (C=O) groups is 2. The molecule has 0 aliphatic rings. The molecule has 0 aliphatic carbocycles. The molecule has 17 heavy (non-hydrogen) atoms. The van der Waals surface area contributed by atoms with Crippen LogP contribution in [0.5, 0.6) is 0 Å². The minimum atomic E-state index is -1.24. The topological polar surface area (TPSA) is 75.6 Å². The van der Waals surface area contributed by atoms with Gasteiger partial charge in [-0.05, 0) is 18.2 Å². The zero-order chi connectivity index (χ0) is 12.8. The standard InChI is InChI=1S/C10H7Cl2NO4/c11-7-2-1-6(5-8(7)12)13-17-10(16)4-3-9(14)15/h1-5,13H,(H,14,15). The van der Waals surface area contributed by atoms with Gasteiger partial charge in [0.05, 0.1) is 15.7 Å². The maximum Gasteiger partial charge on any atom is 0.355 e. The molecule has 5 nitrogen and oxygen atoms in total. The number of hydrogen-bond acceptors (Lipinski definition) is 4. The number of carboxylic acids is 1. The third-order valence-corrected chi connectivity index (χ3v) is 2.29. The highest BCUT2D eigenvalue weighted by atomic mass is 35.5. The molecule has 0 heterocycles. The highest BCUT2D eigenvalue weighted by molar-refractivity contribution is 6.42. The van der Waals surface area contributed by atoms with Gasteiger partial charge in [0.25, 0.3) is 0 Å². The average Bonchev–Trinajstić information content (AvgIpc) is 2.28. The van der Waals surface area contributed by atoms with Crippen molar-refractivity contribution >= 4 is 40.8 Å². The van der Waals surface area contributed by atoms with Crippen LogP contribution in [-0.2, 0) is 14.4 Å². The molecule has 0 radical (unpaired) electrons. The van der Waals surface area contributed by atoms with Crippen molar-refractivity contribution in [2.24, 2.45) is 0 Å². The molecule has 0 atom stereocenters. The molecule has 0 spiro atoms. The van der Waals surface area contributed by atoms with Gasteiger partial charge < -0.3 is 9.94 Å². The molecule has 0 saturated heterocycles. The Labute approximate surface area is 107 Å². The first-order valence-corrected chi connectivity index (χ1v) is 5.07. The summed E-state index contributed by atoms with van der Waals surface area (Å²) in [6.45, 7) is 0. The van der Waals surface area contributed by atoms with Crippen molar-refractivity contribution in [3.8, 4) is 0 Å². The van der Waals surface area contributed by atoms with Crippen LogP contribution in [0.1, 0.15) is 0 Å². The second kappa shape index (κ2) is 6.12. The van der Waals surface area contributed by atoms with E-state index in [1.54, 1.807) is 6.07 Å². The molecule has 90 valence electrons. The number of anilines is 1. The lowest BCUT2D eigenvalue weighted by atomic mass is 10.3. The highest BCUT2D eigenvalue weighted by Gasteiger charge is 2.02. The molecule has 7 heteroatoms. The molecule has 0 fully saturated rings. The number of hydrogen-bond donors (Lipinski definition) is 2. The molecule has 1 rings (SSSR count). The third-order valence-electron chi connectivity index (χ3n) is 1.55. The van der Waals surface area contributed by atoms with Crippen LogP contribution in [0.15, 0.2) is 30.4 Å². The van der Waals surface area contributed by atoms with Gasteiger partial charge in [-0.25, -0.2) is 15.1 Å². The van der Waals surface area contributed by atoms with Crippen LogP contribution in [0, 0.1) is 0 Å². The predicted molar refractivity (Wildman–Crippen MR) is 63.0 cm³/mol. The maximum absolute atomic E-state index is 11.0. The van der Waals surface area contributed by atoms with Gasteiger partial charge in [-0.2, -0.15) is 0 Å². The van der Waals surface area contributed by atoms with E-state index in [0.717, 1.165) is 6.08 Å². The Bertz CT molecular complexity index is 473. The Morgan fingerprint density at radius 3 is 2.53 bits per heavy atom. The van der Waals surface area contributed by atoms with Gasteiger partial charge in [0.15, 0.2) is 0 Å². The first-order valence-electron chi connectivity index (χ1n) is 4.32. The second-order valence-electron chi connectivity index (χ2n) is 2.82. The quantitative estimate of drug-likeness (QED) is 0.652. The normalized spacial score (nSPS) is 10.2. The lowest BCUT2D eigenvalue weighted by molar-refractivity contribution is -0.136. The van der Waals surface area contributed by atoms with Gasteiger partial charge in [-0.15, -0.1) is 0 Å². The van der Waals surface area contributed by atoms with E-state index in [9.17, 15) is 9.59 Å². The van der Waals surface area contributed by atoms with Crippen molar-refractivity contribution in [3.63, 3.8) is 0 Å². The Morgan fingerprint density at radius 1 is 1.24 bits per heavy atom. The molecule has 0 amide bonds. The van der Waals surface area contributed by atoms with Crippen LogP contribution in [0.3, 0.4) is 0 Å². The van der Waals surface area contributed by atoms with Crippen molar-refractivity contribution in [2.75, 3.05) is 5.48 Å². The van der Waals surface area contributed by atoms with Gasteiger partial charge in [0.2, 0.25) is 0 Å². The number of halogens is 2. The van der Waals surface area contributed by atoms with E-state index in [2.05, 4.69) is 10.3 Å². The smallest absolute Gasteiger partial charge is 0.355 e. The zero-order valence-corrected chi connectivity index (χ0v) is 9.83. The molecule has 0 unspecified atom stereocenters. The summed E-state index contributed by atoms with van der Waals surface area (Å²) in [6.07, 6.45) is 1.44. The Kier molecular flexibility index (Phi) is 4.81. The Hall–Kier alpha value is -1.72. The van der Waals surface area contributed by atoms with Crippen molar-refractivity contribution in [1.82, 2.24) is 0 Å². The minimum Gasteiger partial charge on any atom is -0.478 e. The molecule has 1 aromatic carbocycles. The largest absolute Gasteiger partial charge is 0.478 e. The highest BCUT2D eigenvalue weighted by Crippen LogP contribution is 2.24. The number of rotatable bonds is 4. The summed E-state index contributed by atoms with van der Waals surface area (Å²) in [5, 5.41) is 8.94. The van der Waals surface area contributed by atoms with Gasteiger partial charge in [-0.1, -0.05) is 23.2 Å². The van der Waals surface area contributed by atoms with Gasteiger partial charge in [0, 0.05) is 12.2 Å². The van der Waals surface area contributed by atoms with Crippen LogP contribution in [0.4, 0.5) is 5.69 Å². The van der Waals surface area contributed by atoms with Crippen LogP contribution < -0.4 is 5.48 Å². The summed E-state index contributed by atoms with van der Waals surface area (Å²) in [7, 11) is 0. The van der Waals surface area contributed by atoms with Crippen molar-refractivity contribution < 1.29 is 19.5 Å². The minimum absolute atomic E-state index is 0.300. The van der Waals surface area contributed by atoms with Crippen molar-refractivity contribution in [3.05, 3.63) is 40.4 Å². The molecule has 0 bridgehead atoms. The molecular weight excluding hydrogens is 269 g/mol. The van der Waals surface area contributed by atoms with Gasteiger partial charge >= 0.3 is 11.9 Å². The van der Waals surface area contributed by atoms with Crippen molar-refractivity contribution in [1.29, 1.82) is 0 Å². The first kappa shape index (κ1) is 13.3. The lowest BCUT2D eigenvalue weighted by Crippen LogP contribution is -2.08. The molecule has 0 aromatic heterocycles. The summed E-state index contributed by atoms with van der Waals surface area (Å²) in [4.78, 5) is 25.6.